The number of carbonyl (C=O) groups excluding carboxylic acids is 2. The summed E-state index contributed by atoms with van der Waals surface area (Å²) in [6.07, 6.45) is 3.17. The summed E-state index contributed by atoms with van der Waals surface area (Å²) in [4.78, 5) is 23.3. The quantitative estimate of drug-likeness (QED) is 0.484. The highest BCUT2D eigenvalue weighted by Crippen LogP contribution is 2.09. The lowest BCUT2D eigenvalue weighted by atomic mass is 10.1. The molecule has 0 aliphatic rings. The highest BCUT2D eigenvalue weighted by Gasteiger charge is 2.04. The lowest BCUT2D eigenvalue weighted by Crippen LogP contribution is -2.00. The summed E-state index contributed by atoms with van der Waals surface area (Å²) in [6.45, 7) is 0. The van der Waals surface area contributed by atoms with Gasteiger partial charge in [-0.25, -0.2) is 4.79 Å². The summed E-state index contributed by atoms with van der Waals surface area (Å²) < 4.78 is 4.66. The van der Waals surface area contributed by atoms with Crippen molar-refractivity contribution in [2.45, 2.75) is 0 Å². The molecule has 0 amide bonds. The molecule has 3 heteroatoms. The van der Waals surface area contributed by atoms with Crippen molar-refractivity contribution < 1.29 is 14.3 Å². The van der Waals surface area contributed by atoms with Crippen LogP contribution in [0.5, 0.6) is 0 Å². The Morgan fingerprint density at radius 2 is 1.65 bits per heavy atom. The topological polar surface area (TPSA) is 43.4 Å². The molecule has 0 radical (unpaired) electrons. The molecule has 100 valence electrons. The first-order valence-corrected chi connectivity index (χ1v) is 6.16. The Labute approximate surface area is 117 Å². The number of ether oxygens (including phenoxy) is 1. The monoisotopic (exact) mass is 266 g/mol. The van der Waals surface area contributed by atoms with Crippen molar-refractivity contribution in [2.24, 2.45) is 0 Å². The third kappa shape index (κ3) is 3.42. The summed E-state index contributed by atoms with van der Waals surface area (Å²) in [5, 5.41) is 0. The van der Waals surface area contributed by atoms with Crippen molar-refractivity contribution >= 4 is 17.8 Å². The number of ketones is 1. The van der Waals surface area contributed by atoms with Crippen LogP contribution >= 0.6 is 0 Å². The maximum atomic E-state index is 11.9. The molecule has 0 saturated heterocycles. The zero-order chi connectivity index (χ0) is 14.4. The predicted molar refractivity (Wildman–Crippen MR) is 77.6 cm³/mol. The molecular formula is C17H14O3. The van der Waals surface area contributed by atoms with Crippen LogP contribution in [0.4, 0.5) is 0 Å². The van der Waals surface area contributed by atoms with Gasteiger partial charge in [-0.2, -0.15) is 0 Å². The minimum absolute atomic E-state index is 0.0749. The zero-order valence-electron chi connectivity index (χ0n) is 11.1. The molecule has 0 spiro atoms. The number of esters is 1. The summed E-state index contributed by atoms with van der Waals surface area (Å²) >= 11 is 0. The summed E-state index contributed by atoms with van der Waals surface area (Å²) in [7, 11) is 1.34. The number of carbonyl (C=O) groups is 2. The van der Waals surface area contributed by atoms with Crippen LogP contribution in [0.25, 0.3) is 6.08 Å². The van der Waals surface area contributed by atoms with E-state index in [9.17, 15) is 9.59 Å². The lowest BCUT2D eigenvalue weighted by molar-refractivity contribution is 0.0600. The molecule has 0 N–H and O–H groups in total. The zero-order valence-corrected chi connectivity index (χ0v) is 11.1. The van der Waals surface area contributed by atoms with Gasteiger partial charge in [0, 0.05) is 5.56 Å². The molecule has 20 heavy (non-hydrogen) atoms. The molecule has 2 aromatic carbocycles. The maximum Gasteiger partial charge on any atom is 0.337 e. The fourth-order valence-corrected chi connectivity index (χ4v) is 1.76. The number of hydrogen-bond donors (Lipinski definition) is 0. The molecule has 0 bridgehead atoms. The number of rotatable bonds is 4. The van der Waals surface area contributed by atoms with Crippen LogP contribution in [0.3, 0.4) is 0 Å². The van der Waals surface area contributed by atoms with E-state index in [0.29, 0.717) is 11.1 Å². The first-order chi connectivity index (χ1) is 9.70. The van der Waals surface area contributed by atoms with Crippen molar-refractivity contribution in [1.82, 2.24) is 0 Å². The number of hydrogen-bond acceptors (Lipinski definition) is 3. The van der Waals surface area contributed by atoms with Gasteiger partial charge in [-0.15, -0.1) is 0 Å². The molecular weight excluding hydrogens is 252 g/mol. The van der Waals surface area contributed by atoms with Crippen LogP contribution in [-0.4, -0.2) is 18.9 Å². The Balaban J connectivity index is 2.16. The smallest absolute Gasteiger partial charge is 0.337 e. The van der Waals surface area contributed by atoms with Crippen LogP contribution in [-0.2, 0) is 4.74 Å². The SMILES string of the molecule is COC(=O)c1cccc(/C=C/C(=O)c2ccccc2)c1. The second kappa shape index (κ2) is 6.48. The van der Waals surface area contributed by atoms with E-state index < -0.39 is 5.97 Å². The van der Waals surface area contributed by atoms with Gasteiger partial charge in [0.25, 0.3) is 0 Å². The van der Waals surface area contributed by atoms with Crippen molar-refractivity contribution in [2.75, 3.05) is 7.11 Å². The summed E-state index contributed by atoms with van der Waals surface area (Å²) in [6, 6.07) is 15.9. The number of benzene rings is 2. The highest BCUT2D eigenvalue weighted by atomic mass is 16.5. The number of allylic oxidation sites excluding steroid dienone is 1. The molecule has 3 nitrogen and oxygen atoms in total. The molecule has 0 aliphatic carbocycles. The molecule has 0 aliphatic heterocycles. The Morgan fingerprint density at radius 1 is 0.950 bits per heavy atom. The fraction of sp³-hybridized carbons (Fsp3) is 0.0588. The van der Waals surface area contributed by atoms with Crippen molar-refractivity contribution in [1.29, 1.82) is 0 Å². The normalized spacial score (nSPS) is 10.4. The molecule has 0 fully saturated rings. The van der Waals surface area contributed by atoms with Gasteiger partial charge in [0.15, 0.2) is 5.78 Å². The van der Waals surface area contributed by atoms with Gasteiger partial charge in [-0.1, -0.05) is 48.5 Å². The first kappa shape index (κ1) is 13.7. The van der Waals surface area contributed by atoms with Crippen molar-refractivity contribution in [3.63, 3.8) is 0 Å². The minimum atomic E-state index is -0.394. The van der Waals surface area contributed by atoms with E-state index in [1.807, 2.05) is 24.3 Å². The average molecular weight is 266 g/mol. The molecule has 2 aromatic rings. The van der Waals surface area contributed by atoms with E-state index >= 15 is 0 Å². The van der Waals surface area contributed by atoms with E-state index in [1.165, 1.54) is 13.2 Å². The Morgan fingerprint density at radius 3 is 2.35 bits per heavy atom. The predicted octanol–water partition coefficient (Wildman–Crippen LogP) is 3.37. The van der Waals surface area contributed by atoms with Gasteiger partial charge >= 0.3 is 5.97 Å². The fourth-order valence-electron chi connectivity index (χ4n) is 1.76. The van der Waals surface area contributed by atoms with E-state index in [0.717, 1.165) is 5.56 Å². The van der Waals surface area contributed by atoms with Gasteiger partial charge in [0.05, 0.1) is 12.7 Å². The Hall–Kier alpha value is -2.68. The highest BCUT2D eigenvalue weighted by molar-refractivity contribution is 6.06. The third-order valence-corrected chi connectivity index (χ3v) is 2.79. The molecule has 2 rings (SSSR count). The molecule has 0 heterocycles. The van der Waals surface area contributed by atoms with Crippen LogP contribution < -0.4 is 0 Å². The molecule has 0 saturated carbocycles. The van der Waals surface area contributed by atoms with Crippen LogP contribution in [0.1, 0.15) is 26.3 Å². The lowest BCUT2D eigenvalue weighted by Gasteiger charge is -2.00. The Bertz CT molecular complexity index is 642. The summed E-state index contributed by atoms with van der Waals surface area (Å²) in [5.41, 5.74) is 1.87. The largest absolute Gasteiger partial charge is 0.465 e. The maximum absolute atomic E-state index is 11.9. The minimum Gasteiger partial charge on any atom is -0.465 e. The van der Waals surface area contributed by atoms with Gasteiger partial charge in [-0.05, 0) is 23.8 Å². The van der Waals surface area contributed by atoms with Crippen LogP contribution in [0.2, 0.25) is 0 Å². The second-order valence-corrected chi connectivity index (χ2v) is 4.18. The summed E-state index contributed by atoms with van der Waals surface area (Å²) in [5.74, 6) is -0.469. The van der Waals surface area contributed by atoms with E-state index in [-0.39, 0.29) is 5.78 Å². The van der Waals surface area contributed by atoms with Gasteiger partial charge in [0.2, 0.25) is 0 Å². The first-order valence-electron chi connectivity index (χ1n) is 6.16. The van der Waals surface area contributed by atoms with Gasteiger partial charge in [-0.3, -0.25) is 4.79 Å². The van der Waals surface area contributed by atoms with Gasteiger partial charge in [0.1, 0.15) is 0 Å². The molecule has 0 unspecified atom stereocenters. The standard InChI is InChI=1S/C17H14O3/c1-20-17(19)15-9-5-6-13(12-15)10-11-16(18)14-7-3-2-4-8-14/h2-12H,1H3/b11-10+. The van der Waals surface area contributed by atoms with Crippen molar-refractivity contribution in [3.05, 3.63) is 77.4 Å². The van der Waals surface area contributed by atoms with E-state index in [1.54, 1.807) is 36.4 Å². The van der Waals surface area contributed by atoms with Crippen LogP contribution in [0, 0.1) is 0 Å². The third-order valence-electron chi connectivity index (χ3n) is 2.79. The van der Waals surface area contributed by atoms with E-state index in [2.05, 4.69) is 4.74 Å². The average Bonchev–Trinajstić information content (AvgIpc) is 2.53. The van der Waals surface area contributed by atoms with E-state index in [4.69, 9.17) is 0 Å². The Kier molecular flexibility index (Phi) is 4.45. The van der Waals surface area contributed by atoms with Crippen molar-refractivity contribution in [3.8, 4) is 0 Å². The molecule has 0 aromatic heterocycles. The van der Waals surface area contributed by atoms with Gasteiger partial charge < -0.3 is 4.74 Å². The second-order valence-electron chi connectivity index (χ2n) is 4.18. The molecule has 0 atom stereocenters. The number of methoxy groups -OCH3 is 1. The van der Waals surface area contributed by atoms with Crippen LogP contribution in [0.15, 0.2) is 60.7 Å².